The molecule has 0 unspecified atom stereocenters. The third-order valence-electron chi connectivity index (χ3n) is 2.97. The Morgan fingerprint density at radius 1 is 1.28 bits per heavy atom. The highest BCUT2D eigenvalue weighted by Gasteiger charge is 2.08. The van der Waals surface area contributed by atoms with Crippen LogP contribution in [0.4, 0.5) is 10.1 Å². The van der Waals surface area contributed by atoms with E-state index in [-0.39, 0.29) is 12.4 Å². The van der Waals surface area contributed by atoms with Gasteiger partial charge >= 0.3 is 0 Å². The zero-order valence-corrected chi connectivity index (χ0v) is 11.2. The van der Waals surface area contributed by atoms with Crippen molar-refractivity contribution in [3.8, 4) is 0 Å². The van der Waals surface area contributed by atoms with E-state index in [1.807, 2.05) is 20.2 Å². The lowest BCUT2D eigenvalue weighted by Crippen LogP contribution is -2.21. The Kier molecular flexibility index (Phi) is 6.68. The summed E-state index contributed by atoms with van der Waals surface area (Å²) in [7, 11) is 3.88. The monoisotopic (exact) mass is 254 g/mol. The molecule has 1 aromatic carbocycles. The summed E-state index contributed by atoms with van der Waals surface area (Å²) in [5.74, 6) is -0.197. The van der Waals surface area contributed by atoms with Crippen molar-refractivity contribution < 1.29 is 9.50 Å². The Balaban J connectivity index is 2.62. The maximum Gasteiger partial charge on any atom is 0.123 e. The fourth-order valence-electron chi connectivity index (χ4n) is 2.02. The summed E-state index contributed by atoms with van der Waals surface area (Å²) in [5, 5.41) is 11.8. The van der Waals surface area contributed by atoms with E-state index in [2.05, 4.69) is 10.2 Å². The molecule has 0 aromatic heterocycles. The number of aliphatic hydroxyl groups excluding tert-OH is 1. The Morgan fingerprint density at radius 2 is 2.06 bits per heavy atom. The molecule has 3 nitrogen and oxygen atoms in total. The average molecular weight is 254 g/mol. The van der Waals surface area contributed by atoms with Gasteiger partial charge in [-0.2, -0.15) is 0 Å². The quantitative estimate of drug-likeness (QED) is 0.698. The van der Waals surface area contributed by atoms with Gasteiger partial charge in [-0.1, -0.05) is 0 Å². The number of halogens is 1. The second-order valence-corrected chi connectivity index (χ2v) is 4.51. The van der Waals surface area contributed by atoms with E-state index < -0.39 is 0 Å². The van der Waals surface area contributed by atoms with Crippen LogP contribution in [0.25, 0.3) is 0 Å². The Morgan fingerprint density at radius 3 is 2.72 bits per heavy atom. The van der Waals surface area contributed by atoms with Gasteiger partial charge in [0.05, 0.1) is 0 Å². The molecule has 0 aliphatic rings. The summed E-state index contributed by atoms with van der Waals surface area (Å²) in [6, 6.07) is 4.91. The van der Waals surface area contributed by atoms with Crippen LogP contribution >= 0.6 is 0 Å². The molecule has 0 radical (unpaired) electrons. The highest BCUT2D eigenvalue weighted by Crippen LogP contribution is 2.21. The number of rotatable bonds is 8. The van der Waals surface area contributed by atoms with Crippen molar-refractivity contribution in [2.24, 2.45) is 0 Å². The maximum atomic E-state index is 13.2. The summed E-state index contributed by atoms with van der Waals surface area (Å²) < 4.78 is 13.2. The van der Waals surface area contributed by atoms with Crippen molar-refractivity contribution in [3.05, 3.63) is 29.6 Å². The molecule has 18 heavy (non-hydrogen) atoms. The van der Waals surface area contributed by atoms with Gasteiger partial charge in [-0.25, -0.2) is 4.39 Å². The van der Waals surface area contributed by atoms with Gasteiger partial charge in [0.15, 0.2) is 0 Å². The molecule has 1 aromatic rings. The third kappa shape index (κ3) is 4.63. The smallest absolute Gasteiger partial charge is 0.123 e. The minimum Gasteiger partial charge on any atom is -0.396 e. The number of unbranched alkanes of at least 4 members (excludes halogenated alkanes) is 2. The van der Waals surface area contributed by atoms with Gasteiger partial charge in [0.1, 0.15) is 5.82 Å². The van der Waals surface area contributed by atoms with E-state index in [9.17, 15) is 4.39 Å². The standard InChI is InChI=1S/C14H23FN2O/c1-16-11-12-10-13(15)6-7-14(12)17(2)8-4-3-5-9-18/h6-7,10,16,18H,3-5,8-9,11H2,1-2H3. The van der Waals surface area contributed by atoms with Crippen LogP contribution in [0, 0.1) is 5.82 Å². The maximum absolute atomic E-state index is 13.2. The van der Waals surface area contributed by atoms with E-state index in [0.29, 0.717) is 6.54 Å². The van der Waals surface area contributed by atoms with Gasteiger partial charge in [0.2, 0.25) is 0 Å². The van der Waals surface area contributed by atoms with E-state index in [1.54, 1.807) is 6.07 Å². The van der Waals surface area contributed by atoms with Crippen LogP contribution in [-0.2, 0) is 6.54 Å². The molecule has 1 rings (SSSR count). The van der Waals surface area contributed by atoms with Crippen LogP contribution in [0.2, 0.25) is 0 Å². The molecule has 0 fully saturated rings. The molecule has 102 valence electrons. The average Bonchev–Trinajstić information content (AvgIpc) is 2.35. The van der Waals surface area contributed by atoms with Crippen molar-refractivity contribution >= 4 is 5.69 Å². The Bertz CT molecular complexity index is 358. The third-order valence-corrected chi connectivity index (χ3v) is 2.97. The van der Waals surface area contributed by atoms with Crippen molar-refractivity contribution in [2.75, 3.05) is 32.1 Å². The fourth-order valence-corrected chi connectivity index (χ4v) is 2.02. The second kappa shape index (κ2) is 8.06. The van der Waals surface area contributed by atoms with Crippen LogP contribution in [0.1, 0.15) is 24.8 Å². The van der Waals surface area contributed by atoms with Crippen LogP contribution in [0.5, 0.6) is 0 Å². The number of hydrogen-bond donors (Lipinski definition) is 2. The van der Waals surface area contributed by atoms with E-state index in [0.717, 1.165) is 37.1 Å². The molecule has 0 saturated heterocycles. The summed E-state index contributed by atoms with van der Waals surface area (Å²) in [6.45, 7) is 1.84. The molecule has 0 saturated carbocycles. The topological polar surface area (TPSA) is 35.5 Å². The van der Waals surface area contributed by atoms with Gasteiger partial charge in [-0.15, -0.1) is 0 Å². The summed E-state index contributed by atoms with van der Waals surface area (Å²) in [5.41, 5.74) is 2.04. The first-order valence-corrected chi connectivity index (χ1v) is 6.44. The Hall–Kier alpha value is -1.13. The van der Waals surface area contributed by atoms with Gasteiger partial charge in [-0.05, 0) is 50.1 Å². The van der Waals surface area contributed by atoms with E-state index in [4.69, 9.17) is 5.11 Å². The summed E-state index contributed by atoms with van der Waals surface area (Å²) in [4.78, 5) is 2.14. The van der Waals surface area contributed by atoms with Crippen LogP contribution < -0.4 is 10.2 Å². The first kappa shape index (κ1) is 14.9. The molecule has 0 spiro atoms. The summed E-state index contributed by atoms with van der Waals surface area (Å²) in [6.07, 6.45) is 2.90. The molecule has 0 atom stereocenters. The molecular formula is C14H23FN2O. The highest BCUT2D eigenvalue weighted by molar-refractivity contribution is 5.53. The second-order valence-electron chi connectivity index (χ2n) is 4.51. The lowest BCUT2D eigenvalue weighted by molar-refractivity contribution is 0.283. The Labute approximate surface area is 109 Å². The number of nitrogens with zero attached hydrogens (tertiary/aromatic N) is 1. The van der Waals surface area contributed by atoms with Crippen molar-refractivity contribution in [1.82, 2.24) is 5.32 Å². The predicted molar refractivity (Wildman–Crippen MR) is 73.4 cm³/mol. The molecule has 4 heteroatoms. The lowest BCUT2D eigenvalue weighted by Gasteiger charge is -2.22. The molecule has 0 bridgehead atoms. The molecule has 0 heterocycles. The SMILES string of the molecule is CNCc1cc(F)ccc1N(C)CCCCCO. The normalized spacial score (nSPS) is 10.7. The zero-order chi connectivity index (χ0) is 13.4. The lowest BCUT2D eigenvalue weighted by atomic mass is 10.1. The summed E-state index contributed by atoms with van der Waals surface area (Å²) >= 11 is 0. The predicted octanol–water partition coefficient (Wildman–Crippen LogP) is 2.14. The molecular weight excluding hydrogens is 231 g/mol. The van der Waals surface area contributed by atoms with Gasteiger partial charge in [-0.3, -0.25) is 0 Å². The van der Waals surface area contributed by atoms with Crippen LogP contribution in [-0.4, -0.2) is 32.4 Å². The van der Waals surface area contributed by atoms with E-state index in [1.165, 1.54) is 6.07 Å². The van der Waals surface area contributed by atoms with Crippen molar-refractivity contribution in [1.29, 1.82) is 0 Å². The van der Waals surface area contributed by atoms with Gasteiger partial charge in [0.25, 0.3) is 0 Å². The number of hydrogen-bond acceptors (Lipinski definition) is 3. The molecule has 0 aliphatic carbocycles. The first-order valence-electron chi connectivity index (χ1n) is 6.44. The number of benzene rings is 1. The van der Waals surface area contributed by atoms with Crippen LogP contribution in [0.15, 0.2) is 18.2 Å². The van der Waals surface area contributed by atoms with Crippen molar-refractivity contribution in [3.63, 3.8) is 0 Å². The number of aliphatic hydroxyl groups is 1. The van der Waals surface area contributed by atoms with Gasteiger partial charge in [0, 0.05) is 32.4 Å². The number of anilines is 1. The zero-order valence-electron chi connectivity index (χ0n) is 11.2. The minimum absolute atomic E-state index is 0.197. The minimum atomic E-state index is -0.197. The van der Waals surface area contributed by atoms with E-state index >= 15 is 0 Å². The highest BCUT2D eigenvalue weighted by atomic mass is 19.1. The largest absolute Gasteiger partial charge is 0.396 e. The first-order chi connectivity index (χ1) is 8.69. The fraction of sp³-hybridized carbons (Fsp3) is 0.571. The molecule has 0 amide bonds. The van der Waals surface area contributed by atoms with Crippen LogP contribution in [0.3, 0.4) is 0 Å². The number of nitrogens with one attached hydrogen (secondary N) is 1. The molecule has 2 N–H and O–H groups in total. The molecule has 0 aliphatic heterocycles. The van der Waals surface area contributed by atoms with Gasteiger partial charge < -0.3 is 15.3 Å². The van der Waals surface area contributed by atoms with Crippen molar-refractivity contribution in [2.45, 2.75) is 25.8 Å².